The number of furan rings is 3. The summed E-state index contributed by atoms with van der Waals surface area (Å²) < 4.78 is 19.0. The first kappa shape index (κ1) is 64.9. The van der Waals surface area contributed by atoms with Gasteiger partial charge in [-0.25, -0.2) is 0 Å². The van der Waals surface area contributed by atoms with Gasteiger partial charge in [0, 0.05) is 34.7 Å². The summed E-state index contributed by atoms with van der Waals surface area (Å²) in [7, 11) is 0. The Morgan fingerprint density at radius 1 is 0.290 bits per heavy atom. The van der Waals surface area contributed by atoms with Crippen LogP contribution in [0.2, 0.25) is 0 Å². The molecule has 6 heterocycles. The third kappa shape index (κ3) is 11.6. The maximum absolute atomic E-state index is 6.34. The molecule has 0 spiro atoms. The molecule has 0 amide bonds. The van der Waals surface area contributed by atoms with Gasteiger partial charge < -0.3 is 28.2 Å². The molecular formula is C93H72IrN3O3. The number of rotatable bonds is 9. The molecule has 100 heavy (non-hydrogen) atoms. The Labute approximate surface area is 596 Å². The summed E-state index contributed by atoms with van der Waals surface area (Å²) in [5.74, 6) is 1.07. The van der Waals surface area contributed by atoms with E-state index in [1.807, 2.05) is 55.0 Å². The molecule has 0 aliphatic carbocycles. The average molecular weight is 1470 g/mol. The summed E-state index contributed by atoms with van der Waals surface area (Å²) >= 11 is 0. The quantitative estimate of drug-likeness (QED) is 0.134. The monoisotopic (exact) mass is 1470 g/mol. The average Bonchev–Trinajstić information content (AvgIpc) is 1.36. The van der Waals surface area contributed by atoms with Gasteiger partial charge in [0.15, 0.2) is 0 Å². The Balaban J connectivity index is 0.000000121. The number of aryl methyl sites for hydroxylation is 3. The first-order chi connectivity index (χ1) is 48.3. The van der Waals surface area contributed by atoms with Crippen LogP contribution in [0.1, 0.15) is 92.7 Å². The maximum Gasteiger partial charge on any atom is 3.00 e. The minimum atomic E-state index is 0. The van der Waals surface area contributed by atoms with Gasteiger partial charge in [0.2, 0.25) is 0 Å². The number of aromatic nitrogens is 3. The van der Waals surface area contributed by atoms with Crippen LogP contribution in [-0.2, 0) is 20.1 Å². The van der Waals surface area contributed by atoms with Crippen LogP contribution in [0.5, 0.6) is 0 Å². The molecule has 486 valence electrons. The molecule has 0 bridgehead atoms. The number of benzene rings is 12. The van der Waals surface area contributed by atoms with E-state index in [1.54, 1.807) is 0 Å². The summed E-state index contributed by atoms with van der Waals surface area (Å²) in [6.45, 7) is 19.7. The van der Waals surface area contributed by atoms with E-state index in [4.69, 9.17) is 28.2 Å². The van der Waals surface area contributed by atoms with Crippen molar-refractivity contribution in [3.63, 3.8) is 0 Å². The molecule has 18 aromatic rings. The van der Waals surface area contributed by atoms with Crippen molar-refractivity contribution in [1.29, 1.82) is 0 Å². The van der Waals surface area contributed by atoms with Crippen molar-refractivity contribution in [3.8, 4) is 67.2 Å². The first-order valence-electron chi connectivity index (χ1n) is 34.3. The zero-order valence-corrected chi connectivity index (χ0v) is 59.8. The van der Waals surface area contributed by atoms with Crippen LogP contribution in [0.15, 0.2) is 268 Å². The molecule has 0 N–H and O–H groups in total. The third-order valence-electron chi connectivity index (χ3n) is 19.6. The number of para-hydroxylation sites is 3. The first-order valence-corrected chi connectivity index (χ1v) is 34.3. The Kier molecular flexibility index (Phi) is 17.5. The van der Waals surface area contributed by atoms with Crippen molar-refractivity contribution in [3.05, 3.63) is 307 Å². The Morgan fingerprint density at radius 2 is 0.540 bits per heavy atom. The molecule has 0 saturated heterocycles. The number of hydrogen-bond acceptors (Lipinski definition) is 6. The zero-order chi connectivity index (χ0) is 67.6. The zero-order valence-electron chi connectivity index (χ0n) is 57.4. The van der Waals surface area contributed by atoms with E-state index >= 15 is 0 Å². The van der Waals surface area contributed by atoms with Gasteiger partial charge in [-0.3, -0.25) is 0 Å². The Hall–Kier alpha value is -11.1. The maximum atomic E-state index is 6.34. The van der Waals surface area contributed by atoms with Crippen molar-refractivity contribution in [2.45, 2.75) is 80.1 Å². The molecule has 0 fully saturated rings. The molecule has 0 aliphatic heterocycles. The smallest absolute Gasteiger partial charge is 0.501 e. The second kappa shape index (κ2) is 27.0. The predicted octanol–water partition coefficient (Wildman–Crippen LogP) is 26.1. The molecule has 0 aliphatic rings. The molecule has 18 rings (SSSR count). The van der Waals surface area contributed by atoms with Crippen molar-refractivity contribution >= 4 is 98.1 Å². The fourth-order valence-electron chi connectivity index (χ4n) is 14.6. The largest absolute Gasteiger partial charge is 3.00 e. The molecule has 0 saturated carbocycles. The minimum Gasteiger partial charge on any atom is -0.501 e. The number of nitrogens with zero attached hydrogens (tertiary/aromatic N) is 3. The van der Waals surface area contributed by atoms with Crippen molar-refractivity contribution in [1.82, 2.24) is 15.0 Å². The minimum absolute atomic E-state index is 0. The molecule has 6 nitrogen and oxygen atoms in total. The second-order valence-electron chi connectivity index (χ2n) is 27.0. The fourth-order valence-corrected chi connectivity index (χ4v) is 14.6. The van der Waals surface area contributed by atoms with E-state index < -0.39 is 0 Å². The molecule has 0 unspecified atom stereocenters. The number of fused-ring (bicyclic) bond motifs is 12. The van der Waals surface area contributed by atoms with Crippen molar-refractivity contribution in [2.75, 3.05) is 0 Å². The summed E-state index contributed by atoms with van der Waals surface area (Å²) in [6.07, 6.45) is 6.08. The van der Waals surface area contributed by atoms with E-state index in [9.17, 15) is 0 Å². The normalized spacial score (nSPS) is 11.6. The number of pyridine rings is 3. The van der Waals surface area contributed by atoms with Crippen LogP contribution in [0, 0.1) is 39.0 Å². The van der Waals surface area contributed by atoms with Gasteiger partial charge in [-0.1, -0.05) is 295 Å². The van der Waals surface area contributed by atoms with Gasteiger partial charge in [0.05, 0.1) is 16.7 Å². The molecule has 6 aromatic heterocycles. The molecule has 7 heteroatoms. The second-order valence-corrected chi connectivity index (χ2v) is 27.0. The van der Waals surface area contributed by atoms with Crippen LogP contribution in [0.4, 0.5) is 0 Å². The van der Waals surface area contributed by atoms with E-state index in [0.29, 0.717) is 17.8 Å². The van der Waals surface area contributed by atoms with Crippen LogP contribution in [0.3, 0.4) is 0 Å². The van der Waals surface area contributed by atoms with Gasteiger partial charge in [-0.05, 0) is 135 Å². The summed E-state index contributed by atoms with van der Waals surface area (Å²) in [4.78, 5) is 14.7. The SMILES string of the molecule is Cc1c[c-]c(-c2cc(-c3cccc4ccccc34)c(C(C)C)cn2)c2oc3ccccc3c12.Cc1c[c-]c(-c2cc(-c3cccc4ccccc34)c(C(C)C)cn2)c2oc3ccccc3c12.Cc1c[c-]c(-c2cc(-c3cccc4ccccc34)c(C(C)C)cn2)c2oc3ccccc3c12.[Ir+3]. The summed E-state index contributed by atoms with van der Waals surface area (Å²) in [5, 5.41) is 14.3. The Morgan fingerprint density at radius 3 is 0.820 bits per heavy atom. The molecular weight excluding hydrogens is 1400 g/mol. The number of hydrogen-bond donors (Lipinski definition) is 0. The van der Waals surface area contributed by atoms with Crippen LogP contribution in [-0.4, -0.2) is 15.0 Å². The summed E-state index contributed by atoms with van der Waals surface area (Å²) in [5.41, 5.74) is 25.1. The molecule has 0 atom stereocenters. The van der Waals surface area contributed by atoms with Crippen LogP contribution < -0.4 is 0 Å². The third-order valence-corrected chi connectivity index (χ3v) is 19.6. The van der Waals surface area contributed by atoms with E-state index in [2.05, 4.69) is 281 Å². The van der Waals surface area contributed by atoms with Crippen molar-refractivity contribution in [2.24, 2.45) is 0 Å². The van der Waals surface area contributed by atoms with Crippen LogP contribution in [0.25, 0.3) is 165 Å². The van der Waals surface area contributed by atoms with E-state index in [0.717, 1.165) is 116 Å². The van der Waals surface area contributed by atoms with Gasteiger partial charge in [-0.2, -0.15) is 0 Å². The van der Waals surface area contributed by atoms with Crippen LogP contribution >= 0.6 is 0 Å². The fraction of sp³-hybridized carbons (Fsp3) is 0.129. The van der Waals surface area contributed by atoms with Gasteiger partial charge >= 0.3 is 20.1 Å². The van der Waals surface area contributed by atoms with E-state index in [1.165, 1.54) is 82.4 Å². The standard InChI is InChI=1S/3C31H24NO.Ir/c3*1-19(2)27-18-32-28(17-26(27)23-13-8-10-21-9-4-5-11-22(21)23)24-16-15-20(3)30-25-12-6-7-14-29(25)33-31(24)30;/h3*4-15,17-19H,1-3H3;/q3*-1;+3. The Bertz CT molecular complexity index is 5550. The molecule has 0 radical (unpaired) electrons. The van der Waals surface area contributed by atoms with Gasteiger partial charge in [0.25, 0.3) is 0 Å². The van der Waals surface area contributed by atoms with Crippen molar-refractivity contribution < 1.29 is 33.4 Å². The van der Waals surface area contributed by atoms with Gasteiger partial charge in [-0.15, -0.1) is 53.1 Å². The predicted molar refractivity (Wildman–Crippen MR) is 413 cm³/mol. The topological polar surface area (TPSA) is 78.1 Å². The van der Waals surface area contributed by atoms with Gasteiger partial charge in [0.1, 0.15) is 16.7 Å². The van der Waals surface area contributed by atoms with E-state index in [-0.39, 0.29) is 20.1 Å². The molecule has 12 aromatic carbocycles. The summed E-state index contributed by atoms with van der Waals surface area (Å²) in [6, 6.07) is 93.1.